The van der Waals surface area contributed by atoms with Crippen LogP contribution in [0.5, 0.6) is 5.75 Å². The van der Waals surface area contributed by atoms with Crippen LogP contribution in [-0.2, 0) is 20.9 Å². The van der Waals surface area contributed by atoms with Crippen LogP contribution >= 0.6 is 0 Å². The van der Waals surface area contributed by atoms with Crippen molar-refractivity contribution >= 4 is 5.97 Å². The SMILES string of the molecule is COCc1ccc(C)cc1OC(C)C(=O)OC. The lowest BCUT2D eigenvalue weighted by molar-refractivity contribution is -0.147. The van der Waals surface area contributed by atoms with Crippen LogP contribution in [0, 0.1) is 6.92 Å². The molecule has 1 aromatic carbocycles. The van der Waals surface area contributed by atoms with Gasteiger partial charge in [0.05, 0.1) is 13.7 Å². The molecule has 0 aliphatic carbocycles. The second-order valence-corrected chi connectivity index (χ2v) is 3.83. The van der Waals surface area contributed by atoms with E-state index in [1.807, 2.05) is 25.1 Å². The first-order valence-corrected chi connectivity index (χ1v) is 5.41. The van der Waals surface area contributed by atoms with E-state index in [1.165, 1.54) is 7.11 Å². The summed E-state index contributed by atoms with van der Waals surface area (Å²) in [5, 5.41) is 0. The largest absolute Gasteiger partial charge is 0.479 e. The van der Waals surface area contributed by atoms with Crippen molar-refractivity contribution in [2.24, 2.45) is 0 Å². The minimum atomic E-state index is -0.627. The van der Waals surface area contributed by atoms with Gasteiger partial charge in [0, 0.05) is 12.7 Å². The van der Waals surface area contributed by atoms with Gasteiger partial charge < -0.3 is 14.2 Å². The Hall–Kier alpha value is -1.55. The summed E-state index contributed by atoms with van der Waals surface area (Å²) in [5.41, 5.74) is 1.98. The number of hydrogen-bond acceptors (Lipinski definition) is 4. The third-order valence-electron chi connectivity index (χ3n) is 2.36. The second kappa shape index (κ2) is 6.25. The first kappa shape index (κ1) is 13.5. The van der Waals surface area contributed by atoms with E-state index < -0.39 is 12.1 Å². The Labute approximate surface area is 101 Å². The summed E-state index contributed by atoms with van der Waals surface area (Å²) < 4.78 is 15.3. The number of rotatable bonds is 5. The number of ether oxygens (including phenoxy) is 3. The molecule has 1 atom stereocenters. The number of methoxy groups -OCH3 is 2. The summed E-state index contributed by atoms with van der Waals surface area (Å²) in [6, 6.07) is 5.79. The molecule has 17 heavy (non-hydrogen) atoms. The van der Waals surface area contributed by atoms with Gasteiger partial charge in [-0.1, -0.05) is 12.1 Å². The van der Waals surface area contributed by atoms with Crippen molar-refractivity contribution in [2.75, 3.05) is 14.2 Å². The third kappa shape index (κ3) is 3.75. The van der Waals surface area contributed by atoms with Gasteiger partial charge in [0.1, 0.15) is 5.75 Å². The van der Waals surface area contributed by atoms with Crippen LogP contribution in [0.1, 0.15) is 18.1 Å². The van der Waals surface area contributed by atoms with Gasteiger partial charge in [-0.3, -0.25) is 0 Å². The first-order valence-electron chi connectivity index (χ1n) is 5.41. The van der Waals surface area contributed by atoms with Crippen LogP contribution in [0.4, 0.5) is 0 Å². The molecule has 1 aromatic rings. The fourth-order valence-corrected chi connectivity index (χ4v) is 1.45. The average Bonchev–Trinajstić information content (AvgIpc) is 2.31. The Morgan fingerprint density at radius 1 is 1.35 bits per heavy atom. The smallest absolute Gasteiger partial charge is 0.346 e. The molecule has 94 valence electrons. The molecule has 0 aromatic heterocycles. The van der Waals surface area contributed by atoms with E-state index in [0.29, 0.717) is 12.4 Å². The standard InChI is InChI=1S/C13H18O4/c1-9-5-6-11(8-15-3)12(7-9)17-10(2)13(14)16-4/h5-7,10H,8H2,1-4H3. The number of carbonyl (C=O) groups is 1. The highest BCUT2D eigenvalue weighted by Crippen LogP contribution is 2.22. The van der Waals surface area contributed by atoms with E-state index in [-0.39, 0.29) is 0 Å². The lowest BCUT2D eigenvalue weighted by Crippen LogP contribution is -2.25. The lowest BCUT2D eigenvalue weighted by Gasteiger charge is -2.16. The summed E-state index contributed by atoms with van der Waals surface area (Å²) in [7, 11) is 2.96. The monoisotopic (exact) mass is 238 g/mol. The molecular formula is C13H18O4. The number of hydrogen-bond donors (Lipinski definition) is 0. The molecule has 4 heteroatoms. The van der Waals surface area contributed by atoms with Gasteiger partial charge in [0.2, 0.25) is 0 Å². The zero-order valence-electron chi connectivity index (χ0n) is 10.6. The third-order valence-corrected chi connectivity index (χ3v) is 2.36. The van der Waals surface area contributed by atoms with Crippen LogP contribution in [0.25, 0.3) is 0 Å². The number of carbonyl (C=O) groups excluding carboxylic acids is 1. The summed E-state index contributed by atoms with van der Waals surface area (Å²) in [4.78, 5) is 11.3. The van der Waals surface area contributed by atoms with Crippen LogP contribution < -0.4 is 4.74 Å². The van der Waals surface area contributed by atoms with E-state index in [1.54, 1.807) is 14.0 Å². The van der Waals surface area contributed by atoms with Crippen molar-refractivity contribution < 1.29 is 19.0 Å². The number of benzene rings is 1. The fraction of sp³-hybridized carbons (Fsp3) is 0.462. The molecular weight excluding hydrogens is 220 g/mol. The second-order valence-electron chi connectivity index (χ2n) is 3.83. The zero-order chi connectivity index (χ0) is 12.8. The molecule has 0 saturated heterocycles. The molecule has 0 heterocycles. The van der Waals surface area contributed by atoms with Gasteiger partial charge in [-0.05, 0) is 25.5 Å². The molecule has 0 aliphatic heterocycles. The highest BCUT2D eigenvalue weighted by Gasteiger charge is 2.16. The Kier molecular flexibility index (Phi) is 4.97. The maximum Gasteiger partial charge on any atom is 0.346 e. The van der Waals surface area contributed by atoms with E-state index in [2.05, 4.69) is 4.74 Å². The van der Waals surface area contributed by atoms with Crippen molar-refractivity contribution in [1.82, 2.24) is 0 Å². The van der Waals surface area contributed by atoms with Crippen molar-refractivity contribution in [2.45, 2.75) is 26.6 Å². The van der Waals surface area contributed by atoms with Gasteiger partial charge >= 0.3 is 5.97 Å². The Morgan fingerprint density at radius 3 is 2.65 bits per heavy atom. The summed E-state index contributed by atoms with van der Waals surface area (Å²) in [6.45, 7) is 4.07. The average molecular weight is 238 g/mol. The Bertz CT molecular complexity index is 387. The Balaban J connectivity index is 2.87. The molecule has 0 fully saturated rings. The topological polar surface area (TPSA) is 44.8 Å². The molecule has 4 nitrogen and oxygen atoms in total. The van der Waals surface area contributed by atoms with Gasteiger partial charge in [-0.25, -0.2) is 4.79 Å². The maximum absolute atomic E-state index is 11.3. The molecule has 0 spiro atoms. The van der Waals surface area contributed by atoms with Gasteiger partial charge in [-0.2, -0.15) is 0 Å². The molecule has 1 rings (SSSR count). The van der Waals surface area contributed by atoms with E-state index in [0.717, 1.165) is 11.1 Å². The molecule has 0 aliphatic rings. The van der Waals surface area contributed by atoms with Gasteiger partial charge in [0.15, 0.2) is 6.10 Å². The van der Waals surface area contributed by atoms with Crippen molar-refractivity contribution in [3.63, 3.8) is 0 Å². The minimum Gasteiger partial charge on any atom is -0.479 e. The molecule has 0 N–H and O–H groups in total. The van der Waals surface area contributed by atoms with Gasteiger partial charge in [0.25, 0.3) is 0 Å². The maximum atomic E-state index is 11.3. The first-order chi connectivity index (χ1) is 8.08. The van der Waals surface area contributed by atoms with E-state index in [9.17, 15) is 4.79 Å². The predicted octanol–water partition coefficient (Wildman–Crippen LogP) is 2.08. The summed E-state index contributed by atoms with van der Waals surface area (Å²) in [6.07, 6.45) is -0.627. The van der Waals surface area contributed by atoms with Crippen molar-refractivity contribution in [1.29, 1.82) is 0 Å². The summed E-state index contributed by atoms with van der Waals surface area (Å²) in [5.74, 6) is 0.264. The Morgan fingerprint density at radius 2 is 2.06 bits per heavy atom. The molecule has 1 unspecified atom stereocenters. The molecule has 0 amide bonds. The number of esters is 1. The number of aryl methyl sites for hydroxylation is 1. The minimum absolute atomic E-state index is 0.394. The van der Waals surface area contributed by atoms with E-state index in [4.69, 9.17) is 9.47 Å². The van der Waals surface area contributed by atoms with Gasteiger partial charge in [-0.15, -0.1) is 0 Å². The zero-order valence-corrected chi connectivity index (χ0v) is 10.6. The van der Waals surface area contributed by atoms with Crippen molar-refractivity contribution in [3.05, 3.63) is 29.3 Å². The van der Waals surface area contributed by atoms with E-state index >= 15 is 0 Å². The van der Waals surface area contributed by atoms with Crippen LogP contribution in [0.15, 0.2) is 18.2 Å². The lowest BCUT2D eigenvalue weighted by atomic mass is 10.1. The molecule has 0 saturated carbocycles. The molecule has 0 radical (unpaired) electrons. The normalized spacial score (nSPS) is 12.0. The van der Waals surface area contributed by atoms with Crippen LogP contribution in [-0.4, -0.2) is 26.3 Å². The predicted molar refractivity (Wildman–Crippen MR) is 64.0 cm³/mol. The highest BCUT2D eigenvalue weighted by molar-refractivity contribution is 5.74. The van der Waals surface area contributed by atoms with Crippen LogP contribution in [0.2, 0.25) is 0 Å². The quantitative estimate of drug-likeness (QED) is 0.737. The van der Waals surface area contributed by atoms with Crippen LogP contribution in [0.3, 0.4) is 0 Å². The summed E-state index contributed by atoms with van der Waals surface area (Å²) >= 11 is 0. The van der Waals surface area contributed by atoms with Crippen molar-refractivity contribution in [3.8, 4) is 5.75 Å². The highest BCUT2D eigenvalue weighted by atomic mass is 16.6. The fourth-order valence-electron chi connectivity index (χ4n) is 1.45. The molecule has 0 bridgehead atoms.